The zero-order valence-electron chi connectivity index (χ0n) is 13.3. The number of carbonyl (C=O) groups is 1. The lowest BCUT2D eigenvalue weighted by Crippen LogP contribution is -2.19. The highest BCUT2D eigenvalue weighted by Gasteiger charge is 2.05. The minimum Gasteiger partial charge on any atom is -0.507 e. The van der Waals surface area contributed by atoms with Crippen molar-refractivity contribution in [3.8, 4) is 5.75 Å². The van der Waals surface area contributed by atoms with Crippen LogP contribution in [0.1, 0.15) is 17.8 Å². The molecule has 2 aromatic carbocycles. The second-order valence-electron chi connectivity index (χ2n) is 5.43. The second kappa shape index (κ2) is 6.95. The molecule has 0 bridgehead atoms. The van der Waals surface area contributed by atoms with Crippen molar-refractivity contribution in [1.82, 2.24) is 15.0 Å². The quantitative estimate of drug-likeness (QED) is 0.560. The number of nitrogens with one attached hydrogen (secondary N) is 1. The third-order valence-corrected chi connectivity index (χ3v) is 3.83. The molecule has 0 aliphatic heterocycles. The molecule has 1 amide bonds. The van der Waals surface area contributed by atoms with E-state index in [2.05, 4.69) is 15.5 Å². The van der Waals surface area contributed by atoms with E-state index in [0.717, 1.165) is 16.6 Å². The van der Waals surface area contributed by atoms with Crippen LogP contribution >= 0.6 is 0 Å². The van der Waals surface area contributed by atoms with E-state index in [4.69, 9.17) is 0 Å². The van der Waals surface area contributed by atoms with E-state index in [9.17, 15) is 9.90 Å². The molecule has 6 nitrogen and oxygen atoms in total. The first-order valence-corrected chi connectivity index (χ1v) is 7.65. The Morgan fingerprint density at radius 2 is 2.17 bits per heavy atom. The molecule has 3 rings (SSSR count). The van der Waals surface area contributed by atoms with Gasteiger partial charge >= 0.3 is 0 Å². The van der Waals surface area contributed by atoms with Crippen LogP contribution in [0, 0.1) is 6.92 Å². The number of rotatable bonds is 5. The molecule has 0 spiro atoms. The number of imidazole rings is 1. The summed E-state index contributed by atoms with van der Waals surface area (Å²) >= 11 is 0. The second-order valence-corrected chi connectivity index (χ2v) is 5.43. The van der Waals surface area contributed by atoms with Gasteiger partial charge in [0.05, 0.1) is 6.21 Å². The van der Waals surface area contributed by atoms with Crippen LogP contribution in [0.5, 0.6) is 5.75 Å². The van der Waals surface area contributed by atoms with Gasteiger partial charge in [-0.3, -0.25) is 4.79 Å². The van der Waals surface area contributed by atoms with E-state index < -0.39 is 0 Å². The number of hydrogen-bond acceptors (Lipinski definition) is 4. The Bertz CT molecular complexity index is 899. The van der Waals surface area contributed by atoms with Gasteiger partial charge in [-0.1, -0.05) is 30.3 Å². The predicted octanol–water partition coefficient (Wildman–Crippen LogP) is 2.59. The summed E-state index contributed by atoms with van der Waals surface area (Å²) in [6, 6.07) is 11.1. The molecule has 3 aromatic rings. The minimum atomic E-state index is -0.195. The third-order valence-electron chi connectivity index (χ3n) is 3.83. The maximum atomic E-state index is 11.9. The van der Waals surface area contributed by atoms with E-state index in [1.165, 1.54) is 6.21 Å². The van der Waals surface area contributed by atoms with Crippen molar-refractivity contribution in [2.45, 2.75) is 19.9 Å². The molecule has 122 valence electrons. The van der Waals surface area contributed by atoms with Gasteiger partial charge in [0.15, 0.2) is 0 Å². The normalized spacial score (nSPS) is 11.2. The number of fused-ring (bicyclic) bond motifs is 1. The fourth-order valence-corrected chi connectivity index (χ4v) is 2.51. The first-order valence-electron chi connectivity index (χ1n) is 7.65. The smallest absolute Gasteiger partial charge is 0.241 e. The molecule has 0 atom stereocenters. The minimum absolute atomic E-state index is 0.126. The third kappa shape index (κ3) is 3.43. The first-order chi connectivity index (χ1) is 11.6. The molecule has 0 aliphatic carbocycles. The lowest BCUT2D eigenvalue weighted by molar-refractivity contribution is -0.121. The van der Waals surface area contributed by atoms with Gasteiger partial charge in [0.25, 0.3) is 0 Å². The summed E-state index contributed by atoms with van der Waals surface area (Å²) in [6.07, 6.45) is 5.31. The van der Waals surface area contributed by atoms with Crippen LogP contribution in [0.3, 0.4) is 0 Å². The molecule has 0 fully saturated rings. The molecule has 24 heavy (non-hydrogen) atoms. The van der Waals surface area contributed by atoms with Crippen molar-refractivity contribution in [2.24, 2.45) is 5.10 Å². The molecule has 1 heterocycles. The molecule has 0 saturated heterocycles. The molecule has 0 radical (unpaired) electrons. The summed E-state index contributed by atoms with van der Waals surface area (Å²) in [4.78, 5) is 16.0. The van der Waals surface area contributed by atoms with E-state index in [1.807, 2.05) is 48.0 Å². The topological polar surface area (TPSA) is 79.5 Å². The summed E-state index contributed by atoms with van der Waals surface area (Å²) in [6.45, 7) is 2.44. The Kier molecular flexibility index (Phi) is 4.56. The van der Waals surface area contributed by atoms with Crippen molar-refractivity contribution in [3.63, 3.8) is 0 Å². The average molecular weight is 322 g/mol. The van der Waals surface area contributed by atoms with Crippen molar-refractivity contribution in [1.29, 1.82) is 0 Å². The highest BCUT2D eigenvalue weighted by atomic mass is 16.3. The zero-order chi connectivity index (χ0) is 16.9. The van der Waals surface area contributed by atoms with Crippen molar-refractivity contribution >= 4 is 22.9 Å². The van der Waals surface area contributed by atoms with Gasteiger partial charge < -0.3 is 9.67 Å². The molecular formula is C18H18N4O2. The van der Waals surface area contributed by atoms with E-state index in [1.54, 1.807) is 12.3 Å². The molecule has 0 aliphatic rings. The van der Waals surface area contributed by atoms with Crippen LogP contribution in [-0.4, -0.2) is 26.8 Å². The van der Waals surface area contributed by atoms with Gasteiger partial charge in [0.1, 0.15) is 11.6 Å². The van der Waals surface area contributed by atoms with Crippen LogP contribution in [-0.2, 0) is 11.3 Å². The standard InChI is InChI=1S/C18H18N4O2/c1-13-19-9-11-22(13)10-8-18(24)21-20-12-16-15-5-3-2-4-14(15)6-7-17(16)23/h2-7,9,11-12,23H,8,10H2,1H3,(H,21,24)/b20-12+. The molecule has 0 unspecified atom stereocenters. The molecule has 0 saturated carbocycles. The lowest BCUT2D eigenvalue weighted by atomic mass is 10.0. The number of carbonyl (C=O) groups excluding carboxylic acids is 1. The number of aromatic nitrogens is 2. The summed E-state index contributed by atoms with van der Waals surface area (Å²) < 4.78 is 1.90. The summed E-state index contributed by atoms with van der Waals surface area (Å²) in [5.41, 5.74) is 3.07. The Morgan fingerprint density at radius 1 is 1.33 bits per heavy atom. The van der Waals surface area contributed by atoms with Gasteiger partial charge in [-0.25, -0.2) is 10.4 Å². The SMILES string of the molecule is Cc1nccn1CCC(=O)N/N=C/c1c(O)ccc2ccccc12. The van der Waals surface area contributed by atoms with Crippen LogP contribution in [0.25, 0.3) is 10.8 Å². The number of phenolic OH excluding ortho intramolecular Hbond substituents is 1. The van der Waals surface area contributed by atoms with E-state index in [-0.39, 0.29) is 11.7 Å². The van der Waals surface area contributed by atoms with Crippen LogP contribution < -0.4 is 5.43 Å². The number of aryl methyl sites for hydroxylation is 2. The first kappa shape index (κ1) is 15.7. The summed E-state index contributed by atoms with van der Waals surface area (Å²) in [5.74, 6) is 0.798. The molecular weight excluding hydrogens is 304 g/mol. The molecule has 2 N–H and O–H groups in total. The van der Waals surface area contributed by atoms with Crippen LogP contribution in [0.15, 0.2) is 53.9 Å². The van der Waals surface area contributed by atoms with E-state index >= 15 is 0 Å². The Morgan fingerprint density at radius 3 is 2.96 bits per heavy atom. The van der Waals surface area contributed by atoms with Crippen LogP contribution in [0.2, 0.25) is 0 Å². The van der Waals surface area contributed by atoms with Crippen molar-refractivity contribution in [2.75, 3.05) is 0 Å². The monoisotopic (exact) mass is 322 g/mol. The number of hydrazone groups is 1. The Hall–Kier alpha value is -3.15. The van der Waals surface area contributed by atoms with Gasteiger partial charge in [0, 0.05) is 30.9 Å². The predicted molar refractivity (Wildman–Crippen MR) is 92.9 cm³/mol. The van der Waals surface area contributed by atoms with Gasteiger partial charge in [-0.05, 0) is 23.8 Å². The number of nitrogens with zero attached hydrogens (tertiary/aromatic N) is 3. The number of hydrogen-bond donors (Lipinski definition) is 2. The van der Waals surface area contributed by atoms with E-state index in [0.29, 0.717) is 18.5 Å². The Labute approximate surface area is 139 Å². The van der Waals surface area contributed by atoms with Crippen LogP contribution in [0.4, 0.5) is 0 Å². The van der Waals surface area contributed by atoms with Crippen molar-refractivity contribution < 1.29 is 9.90 Å². The molecule has 6 heteroatoms. The largest absolute Gasteiger partial charge is 0.507 e. The lowest BCUT2D eigenvalue weighted by Gasteiger charge is -2.05. The fourth-order valence-electron chi connectivity index (χ4n) is 2.51. The number of benzene rings is 2. The Balaban J connectivity index is 1.65. The fraction of sp³-hybridized carbons (Fsp3) is 0.167. The maximum absolute atomic E-state index is 11.9. The summed E-state index contributed by atoms with van der Waals surface area (Å²) in [5, 5.41) is 15.9. The number of phenols is 1. The van der Waals surface area contributed by atoms with Crippen molar-refractivity contribution in [3.05, 3.63) is 60.2 Å². The van der Waals surface area contributed by atoms with Gasteiger partial charge in [0.2, 0.25) is 5.91 Å². The molecule has 1 aromatic heterocycles. The highest BCUT2D eigenvalue weighted by Crippen LogP contribution is 2.25. The average Bonchev–Trinajstić information content (AvgIpc) is 3.00. The number of amides is 1. The number of aromatic hydroxyl groups is 1. The summed E-state index contributed by atoms with van der Waals surface area (Å²) in [7, 11) is 0. The highest BCUT2D eigenvalue weighted by molar-refractivity contribution is 6.02. The maximum Gasteiger partial charge on any atom is 0.241 e. The van der Waals surface area contributed by atoms with Gasteiger partial charge in [-0.15, -0.1) is 0 Å². The van der Waals surface area contributed by atoms with Gasteiger partial charge in [-0.2, -0.15) is 5.10 Å². The zero-order valence-corrected chi connectivity index (χ0v) is 13.3.